The van der Waals surface area contributed by atoms with Crippen LogP contribution in [-0.2, 0) is 31.2 Å². The molecular weight excluding hydrogens is 785 g/mol. The molecule has 0 aliphatic heterocycles. The van der Waals surface area contributed by atoms with E-state index in [4.69, 9.17) is 14.7 Å². The van der Waals surface area contributed by atoms with Crippen molar-refractivity contribution < 1.29 is 19.5 Å². The highest BCUT2D eigenvalue weighted by atomic mass is 16.4. The topological polar surface area (TPSA) is 71.4 Å². The fourth-order valence-corrected chi connectivity index (χ4v) is 10.1. The van der Waals surface area contributed by atoms with Crippen molar-refractivity contribution in [1.29, 1.82) is 0 Å². The summed E-state index contributed by atoms with van der Waals surface area (Å²) in [6, 6.07) is 40.4. The summed E-state index contributed by atoms with van der Waals surface area (Å²) in [5.74, 6) is -0.109. The van der Waals surface area contributed by atoms with E-state index in [2.05, 4.69) is 186 Å². The maximum Gasteiger partial charge on any atom is 0.373 e. The molecule has 0 fully saturated rings. The number of hydrogen-bond donors (Lipinski definition) is 1. The lowest BCUT2D eigenvalue weighted by atomic mass is 9.75. The summed E-state index contributed by atoms with van der Waals surface area (Å²) in [6.45, 7) is 34.6. The average molecular weight is 857 g/mol. The van der Waals surface area contributed by atoms with Crippen LogP contribution in [0.25, 0.3) is 5.57 Å². The SMILES string of the molecule is C=C(C)C1CC=C(C)CC1.C=C(C)c1ccc(C)cc1.CC1(C)CC(C)(c2ccc(C(=O)O)cc2)c2ccccc21.Cc1ccc(C2(C)CC(C)(C)c3ccc(C)cc32)cc1.O=C=O. The van der Waals surface area contributed by atoms with Crippen molar-refractivity contribution in [1.82, 2.24) is 0 Å². The third-order valence-corrected chi connectivity index (χ3v) is 13.7. The molecule has 4 heteroatoms. The molecule has 0 radical (unpaired) electrons. The van der Waals surface area contributed by atoms with E-state index < -0.39 is 5.97 Å². The Morgan fingerprint density at radius 2 is 1.02 bits per heavy atom. The first kappa shape index (κ1) is 50.8. The largest absolute Gasteiger partial charge is 0.478 e. The van der Waals surface area contributed by atoms with E-state index in [0.29, 0.717) is 5.56 Å². The van der Waals surface area contributed by atoms with Gasteiger partial charge in [0.25, 0.3) is 0 Å². The second-order valence-corrected chi connectivity index (χ2v) is 20.2. The monoisotopic (exact) mass is 857 g/mol. The van der Waals surface area contributed by atoms with Gasteiger partial charge in [-0.1, -0.05) is 197 Å². The van der Waals surface area contributed by atoms with Crippen molar-refractivity contribution in [3.05, 3.63) is 207 Å². The van der Waals surface area contributed by atoms with Gasteiger partial charge in [-0.05, 0) is 141 Å². The molecule has 0 amide bonds. The molecule has 3 aliphatic rings. The second-order valence-electron chi connectivity index (χ2n) is 20.2. The predicted octanol–water partition coefficient (Wildman–Crippen LogP) is 15.4. The Kier molecular flexibility index (Phi) is 16.9. The van der Waals surface area contributed by atoms with Gasteiger partial charge in [0.2, 0.25) is 0 Å². The maximum absolute atomic E-state index is 11.0. The van der Waals surface area contributed by atoms with Gasteiger partial charge in [0, 0.05) is 10.8 Å². The number of rotatable bonds is 5. The van der Waals surface area contributed by atoms with Crippen LogP contribution >= 0.6 is 0 Å². The summed E-state index contributed by atoms with van der Waals surface area (Å²) in [4.78, 5) is 27.3. The van der Waals surface area contributed by atoms with E-state index in [1.54, 1.807) is 17.7 Å². The molecule has 0 saturated carbocycles. The number of hydrogen-bond acceptors (Lipinski definition) is 3. The number of carbonyl (C=O) groups is 1. The van der Waals surface area contributed by atoms with Crippen molar-refractivity contribution in [2.75, 3.05) is 0 Å². The highest BCUT2D eigenvalue weighted by Crippen LogP contribution is 2.54. The fraction of sp³-hybridized carbons (Fsp3) is 0.367. The first-order valence-electron chi connectivity index (χ1n) is 22.6. The summed E-state index contributed by atoms with van der Waals surface area (Å²) in [6.07, 6.45) is 8.63. The van der Waals surface area contributed by atoms with Gasteiger partial charge in [0.15, 0.2) is 0 Å². The summed E-state index contributed by atoms with van der Waals surface area (Å²) >= 11 is 0. The van der Waals surface area contributed by atoms with Crippen molar-refractivity contribution in [2.45, 2.75) is 137 Å². The fourth-order valence-electron chi connectivity index (χ4n) is 10.1. The molecule has 8 rings (SSSR count). The molecule has 3 unspecified atom stereocenters. The van der Waals surface area contributed by atoms with Gasteiger partial charge in [0.1, 0.15) is 0 Å². The Hall–Kier alpha value is -5.83. The van der Waals surface area contributed by atoms with Gasteiger partial charge in [0.05, 0.1) is 5.56 Å². The molecule has 0 aromatic heterocycles. The molecule has 64 heavy (non-hydrogen) atoms. The lowest BCUT2D eigenvalue weighted by Gasteiger charge is -2.28. The van der Waals surface area contributed by atoms with Crippen LogP contribution in [0, 0.1) is 26.7 Å². The number of aromatic carboxylic acids is 1. The zero-order chi connectivity index (χ0) is 47.6. The Morgan fingerprint density at radius 3 is 1.47 bits per heavy atom. The minimum atomic E-state index is -0.876. The maximum atomic E-state index is 11.0. The number of fused-ring (bicyclic) bond motifs is 2. The number of carbonyl (C=O) groups excluding carboxylic acids is 2. The number of aryl methyl sites for hydroxylation is 3. The van der Waals surface area contributed by atoms with Gasteiger partial charge < -0.3 is 5.11 Å². The van der Waals surface area contributed by atoms with Crippen molar-refractivity contribution >= 4 is 17.7 Å². The molecule has 4 nitrogen and oxygen atoms in total. The number of allylic oxidation sites excluding steroid dienone is 4. The van der Waals surface area contributed by atoms with Crippen LogP contribution < -0.4 is 0 Å². The van der Waals surface area contributed by atoms with Crippen molar-refractivity contribution in [3.8, 4) is 0 Å². The van der Waals surface area contributed by atoms with E-state index in [1.807, 2.05) is 19.1 Å². The molecule has 1 N–H and O–H groups in total. The zero-order valence-corrected chi connectivity index (χ0v) is 40.7. The molecule has 0 heterocycles. The minimum absolute atomic E-state index is 0.0584. The van der Waals surface area contributed by atoms with Crippen LogP contribution in [-0.4, -0.2) is 17.2 Å². The predicted molar refractivity (Wildman–Crippen MR) is 267 cm³/mol. The van der Waals surface area contributed by atoms with Gasteiger partial charge in [-0.2, -0.15) is 9.59 Å². The Bertz CT molecular complexity index is 2470. The minimum Gasteiger partial charge on any atom is -0.478 e. The summed E-state index contributed by atoms with van der Waals surface area (Å²) < 4.78 is 0. The lowest BCUT2D eigenvalue weighted by molar-refractivity contribution is -0.191. The third kappa shape index (κ3) is 12.2. The Labute approximate surface area is 385 Å². The van der Waals surface area contributed by atoms with Crippen molar-refractivity contribution in [2.24, 2.45) is 5.92 Å². The molecule has 336 valence electrons. The smallest absolute Gasteiger partial charge is 0.373 e. The van der Waals surface area contributed by atoms with E-state index in [9.17, 15) is 4.79 Å². The number of carboxylic acid groups (broad SMARTS) is 1. The van der Waals surface area contributed by atoms with Crippen molar-refractivity contribution in [3.63, 3.8) is 0 Å². The molecule has 0 bridgehead atoms. The van der Waals surface area contributed by atoms with Crippen LogP contribution in [0.5, 0.6) is 0 Å². The van der Waals surface area contributed by atoms with Gasteiger partial charge in [-0.3, -0.25) is 0 Å². The van der Waals surface area contributed by atoms with E-state index in [1.165, 1.54) is 86.9 Å². The van der Waals surface area contributed by atoms with Crippen LogP contribution in [0.2, 0.25) is 0 Å². The second kappa shape index (κ2) is 21.2. The summed E-state index contributed by atoms with van der Waals surface area (Å²) in [5.41, 5.74) is 18.5. The van der Waals surface area contributed by atoms with E-state index >= 15 is 0 Å². The highest BCUT2D eigenvalue weighted by Gasteiger charge is 2.46. The van der Waals surface area contributed by atoms with Gasteiger partial charge in [-0.25, -0.2) is 4.79 Å². The average Bonchev–Trinajstić information content (AvgIpc) is 3.60. The van der Waals surface area contributed by atoms with Gasteiger partial charge >= 0.3 is 12.1 Å². The highest BCUT2D eigenvalue weighted by molar-refractivity contribution is 5.87. The molecule has 5 aromatic carbocycles. The summed E-state index contributed by atoms with van der Waals surface area (Å²) in [7, 11) is 0. The third-order valence-electron chi connectivity index (χ3n) is 13.7. The van der Waals surface area contributed by atoms with Crippen LogP contribution in [0.4, 0.5) is 0 Å². The van der Waals surface area contributed by atoms with Crippen LogP contribution in [0.3, 0.4) is 0 Å². The van der Waals surface area contributed by atoms with Crippen LogP contribution in [0.1, 0.15) is 160 Å². The standard InChI is InChI=1S/C20H24.C19H20O2.C10H16.C10H12.CO2/c1-14-6-9-16(10-7-14)20(5)13-19(3,4)17-11-8-15(2)12-18(17)20;1-18(2)12-19(3,16-7-5-4-6-15(16)18)14-10-8-13(9-11-14)17(20)21;2*1-8(2)10-6-4-9(3)5-7-10;2-1-3/h6-12H,13H2,1-5H3;4-11H,12H2,1-3H3,(H,20,21);4,10H,1,5-7H2,2-3H3;4-7H,1H2,2-3H3;. The van der Waals surface area contributed by atoms with Crippen LogP contribution in [0.15, 0.2) is 146 Å². The first-order valence-corrected chi connectivity index (χ1v) is 22.6. The molecule has 0 spiro atoms. The van der Waals surface area contributed by atoms with E-state index in [-0.39, 0.29) is 27.8 Å². The molecular formula is C60H72O4. The lowest BCUT2D eigenvalue weighted by Crippen LogP contribution is -2.23. The molecule has 3 atom stereocenters. The quantitative estimate of drug-likeness (QED) is 0.179. The van der Waals surface area contributed by atoms with E-state index in [0.717, 1.165) is 17.9 Å². The summed E-state index contributed by atoms with van der Waals surface area (Å²) in [5, 5.41) is 9.05. The number of carboxylic acids is 1. The van der Waals surface area contributed by atoms with Gasteiger partial charge in [-0.15, -0.1) is 0 Å². The first-order chi connectivity index (χ1) is 30.0. The molecule has 5 aromatic rings. The molecule has 3 aliphatic carbocycles. The Morgan fingerprint density at radius 1 is 0.594 bits per heavy atom. The number of benzene rings is 5. The Balaban J connectivity index is 0.000000193. The normalized spacial score (nSPS) is 20.5. The molecule has 0 saturated heterocycles. The zero-order valence-electron chi connectivity index (χ0n) is 40.7.